The number of hydrogen-bond acceptors (Lipinski definition) is 5. The molecule has 2 rings (SSSR count). The molecule has 2 fully saturated rings. The molecule has 16 heavy (non-hydrogen) atoms. The van der Waals surface area contributed by atoms with Gasteiger partial charge >= 0.3 is 0 Å². The normalized spacial score (nSPS) is 21.0. The lowest BCUT2D eigenvalue weighted by Gasteiger charge is -2.18. The third-order valence-corrected chi connectivity index (χ3v) is 2.32. The first-order valence-corrected chi connectivity index (χ1v) is 5.06. The first kappa shape index (κ1) is 12.6. The van der Waals surface area contributed by atoms with Gasteiger partial charge in [0.25, 0.3) is 11.8 Å². The molecule has 0 aliphatic carbocycles. The molecule has 0 spiro atoms. The van der Waals surface area contributed by atoms with E-state index in [1.54, 1.807) is 0 Å². The van der Waals surface area contributed by atoms with Gasteiger partial charge in [-0.1, -0.05) is 0 Å². The van der Waals surface area contributed by atoms with E-state index < -0.39 is 11.8 Å². The molecule has 2 heterocycles. The van der Waals surface area contributed by atoms with E-state index >= 15 is 0 Å². The van der Waals surface area contributed by atoms with Gasteiger partial charge in [-0.15, -0.1) is 0 Å². The maximum Gasteiger partial charge on any atom is 0.253 e. The number of carbonyl (C=O) groups is 3. The average Bonchev–Trinajstić information content (AvgIpc) is 2.55. The molecule has 2 N–H and O–H groups in total. The quantitative estimate of drug-likeness (QED) is 0.447. The van der Waals surface area contributed by atoms with Gasteiger partial charge in [-0.3, -0.25) is 24.8 Å². The van der Waals surface area contributed by atoms with Crippen molar-refractivity contribution in [3.05, 3.63) is 0 Å². The molecule has 0 aromatic rings. The standard InChI is InChI=1S/C5H9NO2.C4H5NO3/c7-5-3-1-2-4-6(5)8;6-3-1-2-4(7)5(3)8/h8H,1-4H2;8H,1-2H2. The van der Waals surface area contributed by atoms with Crippen LogP contribution in [-0.4, -0.2) is 44.8 Å². The SMILES string of the molecule is O=C1CCC(=O)N1O.O=C1CCCCN1O. The van der Waals surface area contributed by atoms with Crippen LogP contribution in [0.5, 0.6) is 0 Å². The molecular formula is C9H14N2O5. The van der Waals surface area contributed by atoms with E-state index in [9.17, 15) is 14.4 Å². The van der Waals surface area contributed by atoms with Gasteiger partial charge in [0, 0.05) is 25.8 Å². The minimum Gasteiger partial charge on any atom is -0.286 e. The second-order valence-electron chi connectivity index (χ2n) is 3.57. The number of amides is 3. The molecule has 2 saturated heterocycles. The highest BCUT2D eigenvalue weighted by molar-refractivity contribution is 6.00. The smallest absolute Gasteiger partial charge is 0.253 e. The molecule has 0 aromatic carbocycles. The van der Waals surface area contributed by atoms with Gasteiger partial charge in [0.1, 0.15) is 0 Å². The maximum atomic E-state index is 10.5. The van der Waals surface area contributed by atoms with Crippen LogP contribution in [0.4, 0.5) is 0 Å². The second-order valence-corrected chi connectivity index (χ2v) is 3.57. The van der Waals surface area contributed by atoms with E-state index in [4.69, 9.17) is 10.4 Å². The predicted octanol–water partition coefficient (Wildman–Crippen LogP) is -0.0873. The molecule has 90 valence electrons. The van der Waals surface area contributed by atoms with Crippen LogP contribution >= 0.6 is 0 Å². The van der Waals surface area contributed by atoms with E-state index in [0.717, 1.165) is 17.9 Å². The van der Waals surface area contributed by atoms with Gasteiger partial charge in [0.05, 0.1) is 0 Å². The Hall–Kier alpha value is -1.47. The topological polar surface area (TPSA) is 98.2 Å². The Morgan fingerprint density at radius 1 is 0.812 bits per heavy atom. The zero-order chi connectivity index (χ0) is 12.1. The number of piperidine rings is 1. The summed E-state index contributed by atoms with van der Waals surface area (Å²) >= 11 is 0. The van der Waals surface area contributed by atoms with Crippen molar-refractivity contribution in [2.24, 2.45) is 0 Å². The molecule has 3 amide bonds. The second kappa shape index (κ2) is 5.57. The van der Waals surface area contributed by atoms with Crippen LogP contribution in [-0.2, 0) is 14.4 Å². The van der Waals surface area contributed by atoms with Crippen LogP contribution in [0.15, 0.2) is 0 Å². The third kappa shape index (κ3) is 3.28. The van der Waals surface area contributed by atoms with Crippen LogP contribution in [0.1, 0.15) is 32.1 Å². The summed E-state index contributed by atoms with van der Waals surface area (Å²) < 4.78 is 0. The molecule has 0 atom stereocenters. The number of nitrogens with zero attached hydrogens (tertiary/aromatic N) is 2. The predicted molar refractivity (Wildman–Crippen MR) is 50.2 cm³/mol. The van der Waals surface area contributed by atoms with Crippen molar-refractivity contribution in [2.75, 3.05) is 6.54 Å². The molecule has 0 bridgehead atoms. The van der Waals surface area contributed by atoms with Crippen LogP contribution in [0.3, 0.4) is 0 Å². The van der Waals surface area contributed by atoms with E-state index in [0.29, 0.717) is 13.0 Å². The Kier molecular flexibility index (Phi) is 4.39. The first-order chi connectivity index (χ1) is 7.52. The van der Waals surface area contributed by atoms with E-state index in [2.05, 4.69) is 0 Å². The maximum absolute atomic E-state index is 10.5. The van der Waals surface area contributed by atoms with Crippen LogP contribution in [0.2, 0.25) is 0 Å². The molecule has 2 aliphatic rings. The molecule has 0 unspecified atom stereocenters. The number of imide groups is 1. The van der Waals surface area contributed by atoms with Crippen LogP contribution in [0.25, 0.3) is 0 Å². The van der Waals surface area contributed by atoms with Crippen molar-refractivity contribution in [3.8, 4) is 0 Å². The Labute approximate surface area is 92.2 Å². The summed E-state index contributed by atoms with van der Waals surface area (Å²) in [7, 11) is 0. The van der Waals surface area contributed by atoms with Crippen LogP contribution < -0.4 is 0 Å². The summed E-state index contributed by atoms with van der Waals surface area (Å²) in [6, 6.07) is 0. The Morgan fingerprint density at radius 2 is 1.38 bits per heavy atom. The Bertz CT molecular complexity index is 288. The number of hydroxylamine groups is 4. The highest BCUT2D eigenvalue weighted by Crippen LogP contribution is 2.07. The summed E-state index contributed by atoms with van der Waals surface area (Å²) in [5.41, 5.74) is 0. The molecule has 0 saturated carbocycles. The lowest BCUT2D eigenvalue weighted by Crippen LogP contribution is -2.31. The first-order valence-electron chi connectivity index (χ1n) is 5.06. The van der Waals surface area contributed by atoms with Gasteiger partial charge in [0.2, 0.25) is 5.91 Å². The fraction of sp³-hybridized carbons (Fsp3) is 0.667. The van der Waals surface area contributed by atoms with Gasteiger partial charge in [0.15, 0.2) is 0 Å². The molecule has 0 aromatic heterocycles. The minimum absolute atomic E-state index is 0.142. The molecule has 2 aliphatic heterocycles. The summed E-state index contributed by atoms with van der Waals surface area (Å²) in [6.07, 6.45) is 2.67. The van der Waals surface area contributed by atoms with Gasteiger partial charge < -0.3 is 0 Å². The van der Waals surface area contributed by atoms with E-state index in [1.165, 1.54) is 0 Å². The van der Waals surface area contributed by atoms with Crippen molar-refractivity contribution in [1.82, 2.24) is 10.1 Å². The number of carbonyl (C=O) groups excluding carboxylic acids is 3. The van der Waals surface area contributed by atoms with Crippen molar-refractivity contribution in [2.45, 2.75) is 32.1 Å². The minimum atomic E-state index is -0.505. The average molecular weight is 230 g/mol. The lowest BCUT2D eigenvalue weighted by atomic mass is 10.2. The summed E-state index contributed by atoms with van der Waals surface area (Å²) in [6.45, 7) is 0.513. The molecule has 7 nitrogen and oxygen atoms in total. The summed E-state index contributed by atoms with van der Waals surface area (Å²) in [5.74, 6) is -1.15. The monoisotopic (exact) mass is 230 g/mol. The Balaban J connectivity index is 0.000000160. The Morgan fingerprint density at radius 3 is 1.62 bits per heavy atom. The lowest BCUT2D eigenvalue weighted by molar-refractivity contribution is -0.171. The van der Waals surface area contributed by atoms with Crippen molar-refractivity contribution in [1.29, 1.82) is 0 Å². The van der Waals surface area contributed by atoms with E-state index in [1.807, 2.05) is 0 Å². The zero-order valence-electron chi connectivity index (χ0n) is 8.76. The molecular weight excluding hydrogens is 216 g/mol. The van der Waals surface area contributed by atoms with Gasteiger partial charge in [-0.25, -0.2) is 5.06 Å². The fourth-order valence-corrected chi connectivity index (χ4v) is 1.36. The summed E-state index contributed by atoms with van der Waals surface area (Å²) in [5, 5.41) is 18.0. The number of hydrogen-bond donors (Lipinski definition) is 2. The number of rotatable bonds is 0. The van der Waals surface area contributed by atoms with Gasteiger partial charge in [-0.05, 0) is 12.8 Å². The van der Waals surface area contributed by atoms with E-state index in [-0.39, 0.29) is 23.8 Å². The summed E-state index contributed by atoms with van der Waals surface area (Å²) in [4.78, 5) is 30.9. The van der Waals surface area contributed by atoms with Crippen LogP contribution in [0, 0.1) is 0 Å². The van der Waals surface area contributed by atoms with Crippen molar-refractivity contribution >= 4 is 17.7 Å². The van der Waals surface area contributed by atoms with Crippen molar-refractivity contribution in [3.63, 3.8) is 0 Å². The largest absolute Gasteiger partial charge is 0.286 e. The zero-order valence-corrected chi connectivity index (χ0v) is 8.76. The molecule has 0 radical (unpaired) electrons. The fourth-order valence-electron chi connectivity index (χ4n) is 1.36. The highest BCUT2D eigenvalue weighted by Gasteiger charge is 2.26. The third-order valence-electron chi connectivity index (χ3n) is 2.32. The van der Waals surface area contributed by atoms with Gasteiger partial charge in [-0.2, -0.15) is 5.06 Å². The van der Waals surface area contributed by atoms with Crippen molar-refractivity contribution < 1.29 is 24.8 Å². The highest BCUT2D eigenvalue weighted by atomic mass is 16.5. The molecule has 7 heteroatoms.